The Balaban J connectivity index is 1.42. The van der Waals surface area contributed by atoms with Crippen molar-refractivity contribution >= 4 is 50.0 Å². The van der Waals surface area contributed by atoms with Crippen LogP contribution in [0, 0.1) is 0 Å². The van der Waals surface area contributed by atoms with Crippen LogP contribution in [0.25, 0.3) is 21.1 Å². The van der Waals surface area contributed by atoms with Gasteiger partial charge in [-0.25, -0.2) is 4.98 Å². The van der Waals surface area contributed by atoms with Gasteiger partial charge in [0.1, 0.15) is 10.7 Å². The second kappa shape index (κ2) is 13.0. The molecule has 1 amide bonds. The fourth-order valence-electron chi connectivity index (χ4n) is 5.95. The Hall–Kier alpha value is -3.23. The predicted molar refractivity (Wildman–Crippen MR) is 175 cm³/mol. The van der Waals surface area contributed by atoms with Gasteiger partial charge in [0.15, 0.2) is 0 Å². The lowest BCUT2D eigenvalue weighted by molar-refractivity contribution is 0.0657. The number of rotatable bonds is 10. The summed E-state index contributed by atoms with van der Waals surface area (Å²) >= 11 is 8.36. The maximum absolute atomic E-state index is 14.6. The molecule has 0 spiro atoms. The molecule has 3 aromatic carbocycles. The van der Waals surface area contributed by atoms with Crippen LogP contribution in [0.1, 0.15) is 51.9 Å². The molecule has 1 aliphatic heterocycles. The Bertz CT molecular complexity index is 1640. The van der Waals surface area contributed by atoms with E-state index in [9.17, 15) is 4.79 Å². The number of thiophene rings is 1. The first-order chi connectivity index (χ1) is 20.5. The van der Waals surface area contributed by atoms with Crippen LogP contribution in [-0.2, 0) is 13.0 Å². The number of nitrogens with zero attached hydrogens (tertiary/aromatic N) is 4. The van der Waals surface area contributed by atoms with Gasteiger partial charge in [-0.15, -0.1) is 11.3 Å². The third-order valence-electron chi connectivity index (χ3n) is 8.25. The molecular formula is C34H38ClN5OS. The third kappa shape index (κ3) is 6.25. The average Bonchev–Trinajstić information content (AvgIpc) is 3.59. The molecule has 8 heteroatoms. The number of fused-ring (bicyclic) bond motifs is 2. The molecule has 1 atom stereocenters. The first kappa shape index (κ1) is 28.9. The third-order valence-corrected chi connectivity index (χ3v) is 9.92. The first-order valence-electron chi connectivity index (χ1n) is 14.8. The lowest BCUT2D eigenvalue weighted by atomic mass is 9.97. The molecule has 1 unspecified atom stereocenters. The van der Waals surface area contributed by atoms with E-state index >= 15 is 0 Å². The number of hydrogen-bond acceptors (Lipinski definition) is 5. The molecule has 6 nitrogen and oxygen atoms in total. The van der Waals surface area contributed by atoms with E-state index in [1.165, 1.54) is 41.7 Å². The predicted octanol–water partition coefficient (Wildman–Crippen LogP) is 7.40. The number of likely N-dealkylation sites (N-methyl/N-ethyl adjacent to an activating group) is 1. The van der Waals surface area contributed by atoms with Crippen molar-refractivity contribution in [1.29, 1.82) is 0 Å². The summed E-state index contributed by atoms with van der Waals surface area (Å²) in [4.78, 5) is 30.4. The number of nitrogens with one attached hydrogen (secondary N) is 1. The Morgan fingerprint density at radius 1 is 0.952 bits per heavy atom. The monoisotopic (exact) mass is 599 g/mol. The topological polar surface area (TPSA) is 55.5 Å². The van der Waals surface area contributed by atoms with Gasteiger partial charge in [-0.1, -0.05) is 72.6 Å². The minimum absolute atomic E-state index is 0.0537. The van der Waals surface area contributed by atoms with Crippen LogP contribution in [0.5, 0.6) is 0 Å². The summed E-state index contributed by atoms with van der Waals surface area (Å²) in [5.74, 6) is 0.746. The number of carbonyl (C=O) groups excluding carboxylic acids is 1. The van der Waals surface area contributed by atoms with E-state index in [-0.39, 0.29) is 11.9 Å². The van der Waals surface area contributed by atoms with Gasteiger partial charge in [-0.05, 0) is 69.4 Å². The van der Waals surface area contributed by atoms with Crippen LogP contribution in [0.4, 0.5) is 0 Å². The van der Waals surface area contributed by atoms with Crippen LogP contribution >= 0.6 is 22.9 Å². The molecule has 218 valence electrons. The maximum atomic E-state index is 14.6. The van der Waals surface area contributed by atoms with Crippen molar-refractivity contribution in [2.45, 2.75) is 38.3 Å². The van der Waals surface area contributed by atoms with Gasteiger partial charge in [0.2, 0.25) is 0 Å². The molecule has 1 saturated heterocycles. The van der Waals surface area contributed by atoms with Gasteiger partial charge < -0.3 is 14.8 Å². The van der Waals surface area contributed by atoms with Crippen molar-refractivity contribution < 1.29 is 4.79 Å². The zero-order chi connectivity index (χ0) is 29.1. The number of benzene rings is 3. The minimum atomic E-state index is -0.298. The number of likely N-dealkylation sites (tertiary alicyclic amines) is 1. The van der Waals surface area contributed by atoms with Gasteiger partial charge in [-0.2, -0.15) is 0 Å². The number of aromatic amines is 1. The number of aromatic nitrogens is 2. The fourth-order valence-corrected chi connectivity index (χ4v) is 7.42. The molecule has 1 aliphatic rings. The van der Waals surface area contributed by atoms with Crippen LogP contribution < -0.4 is 0 Å². The number of carbonyl (C=O) groups is 1. The second-order valence-electron chi connectivity index (χ2n) is 11.5. The highest BCUT2D eigenvalue weighted by Gasteiger charge is 2.32. The molecule has 42 heavy (non-hydrogen) atoms. The van der Waals surface area contributed by atoms with Gasteiger partial charge in [0.25, 0.3) is 5.91 Å². The highest BCUT2D eigenvalue weighted by Crippen LogP contribution is 2.38. The normalized spacial score (nSPS) is 15.0. The van der Waals surface area contributed by atoms with Gasteiger partial charge in [0, 0.05) is 36.1 Å². The summed E-state index contributed by atoms with van der Waals surface area (Å²) in [6, 6.07) is 24.5. The van der Waals surface area contributed by atoms with Crippen LogP contribution in [0.3, 0.4) is 0 Å². The summed E-state index contributed by atoms with van der Waals surface area (Å²) in [6.45, 7) is 4.47. The van der Waals surface area contributed by atoms with Crippen LogP contribution in [0.2, 0.25) is 5.02 Å². The lowest BCUT2D eigenvalue weighted by Crippen LogP contribution is -2.40. The summed E-state index contributed by atoms with van der Waals surface area (Å²) in [5, 5.41) is 1.46. The molecule has 0 aliphatic carbocycles. The Kier molecular flexibility index (Phi) is 8.91. The molecule has 2 aromatic heterocycles. The zero-order valence-electron chi connectivity index (χ0n) is 24.4. The highest BCUT2D eigenvalue weighted by atomic mass is 35.5. The molecule has 0 radical (unpaired) electrons. The Morgan fingerprint density at radius 2 is 1.67 bits per heavy atom. The molecule has 0 bridgehead atoms. The van der Waals surface area contributed by atoms with E-state index in [0.717, 1.165) is 53.1 Å². The molecule has 0 saturated carbocycles. The fraction of sp³-hybridized carbons (Fsp3) is 0.353. The Labute approximate surface area is 256 Å². The standard InChI is InChI=1S/C34H38ClN5OS/c1-38(2)20-21-40(34(41)32-31(35)26-14-6-9-17-30(26)42-32)29(33-36-27-15-7-8-16-28(27)37-33)22-24-12-4-5-13-25(24)23-39-18-10-3-11-19-39/h4-9,12-17,29H,3,10-11,18-23H2,1-2H3,(H,36,37). The van der Waals surface area contributed by atoms with E-state index < -0.39 is 0 Å². The van der Waals surface area contributed by atoms with Crippen LogP contribution in [-0.4, -0.2) is 70.8 Å². The smallest absolute Gasteiger partial charge is 0.266 e. The number of halogens is 1. The van der Waals surface area contributed by atoms with Gasteiger partial charge in [-0.3, -0.25) is 9.69 Å². The number of H-pyrrole nitrogens is 1. The quantitative estimate of drug-likeness (QED) is 0.182. The summed E-state index contributed by atoms with van der Waals surface area (Å²) in [6.07, 6.45) is 4.49. The Morgan fingerprint density at radius 3 is 2.43 bits per heavy atom. The second-order valence-corrected chi connectivity index (χ2v) is 12.9. The SMILES string of the molecule is CN(C)CCN(C(=O)c1sc2ccccc2c1Cl)C(Cc1ccccc1CN1CCCCC1)c1nc2ccccc2[nH]1. The summed E-state index contributed by atoms with van der Waals surface area (Å²) in [7, 11) is 4.08. The summed E-state index contributed by atoms with van der Waals surface area (Å²) in [5.41, 5.74) is 4.44. The molecule has 1 N–H and O–H groups in total. The molecule has 3 heterocycles. The summed E-state index contributed by atoms with van der Waals surface area (Å²) < 4.78 is 1.02. The van der Waals surface area contributed by atoms with Crippen molar-refractivity contribution in [3.63, 3.8) is 0 Å². The molecule has 5 aromatic rings. The lowest BCUT2D eigenvalue weighted by Gasteiger charge is -2.33. The van der Waals surface area contributed by atoms with E-state index in [1.807, 2.05) is 67.5 Å². The largest absolute Gasteiger partial charge is 0.340 e. The number of amides is 1. The van der Waals surface area contributed by atoms with Crippen molar-refractivity contribution in [2.24, 2.45) is 0 Å². The van der Waals surface area contributed by atoms with Crippen molar-refractivity contribution in [2.75, 3.05) is 40.3 Å². The van der Waals surface area contributed by atoms with Crippen molar-refractivity contribution in [3.8, 4) is 0 Å². The van der Waals surface area contributed by atoms with Gasteiger partial charge >= 0.3 is 0 Å². The molecule has 1 fully saturated rings. The minimum Gasteiger partial charge on any atom is -0.340 e. The van der Waals surface area contributed by atoms with E-state index in [0.29, 0.717) is 22.9 Å². The van der Waals surface area contributed by atoms with Crippen molar-refractivity contribution in [3.05, 3.63) is 99.6 Å². The molecule has 6 rings (SSSR count). The number of hydrogen-bond donors (Lipinski definition) is 1. The van der Waals surface area contributed by atoms with E-state index in [2.05, 4.69) is 39.0 Å². The number of piperidine rings is 1. The van der Waals surface area contributed by atoms with Crippen molar-refractivity contribution in [1.82, 2.24) is 24.7 Å². The average molecular weight is 600 g/mol. The zero-order valence-corrected chi connectivity index (χ0v) is 25.9. The number of para-hydroxylation sites is 2. The van der Waals surface area contributed by atoms with Crippen LogP contribution in [0.15, 0.2) is 72.8 Å². The first-order valence-corrected chi connectivity index (χ1v) is 16.0. The van der Waals surface area contributed by atoms with E-state index in [1.54, 1.807) is 0 Å². The van der Waals surface area contributed by atoms with E-state index in [4.69, 9.17) is 16.6 Å². The maximum Gasteiger partial charge on any atom is 0.266 e. The highest BCUT2D eigenvalue weighted by molar-refractivity contribution is 7.21. The van der Waals surface area contributed by atoms with Gasteiger partial charge in [0.05, 0.1) is 22.1 Å². The molecular weight excluding hydrogens is 562 g/mol. The number of imidazole rings is 1.